The lowest BCUT2D eigenvalue weighted by atomic mass is 10.0. The van der Waals surface area contributed by atoms with E-state index in [4.69, 9.17) is 22.2 Å². The van der Waals surface area contributed by atoms with Gasteiger partial charge in [-0.05, 0) is 6.07 Å². The number of aliphatic carboxylic acids is 1. The largest absolute Gasteiger partial charge is 0.477 e. The third-order valence-electron chi connectivity index (χ3n) is 6.07. The number of carboxylic acids is 1. The van der Waals surface area contributed by atoms with Crippen LogP contribution in [0.5, 0.6) is 0 Å². The first-order chi connectivity index (χ1) is 19.7. The summed E-state index contributed by atoms with van der Waals surface area (Å²) in [7, 11) is 0. The van der Waals surface area contributed by atoms with Crippen LogP contribution in [0, 0.1) is 0 Å². The summed E-state index contributed by atoms with van der Waals surface area (Å²) in [5.74, 6) is -2.27. The number of oxime groups is 1. The second-order valence-corrected chi connectivity index (χ2v) is 12.1. The van der Waals surface area contributed by atoms with Gasteiger partial charge in [-0.2, -0.15) is 4.57 Å². The van der Waals surface area contributed by atoms with Crippen molar-refractivity contribution >= 4 is 97.0 Å². The van der Waals surface area contributed by atoms with E-state index in [0.29, 0.717) is 23.4 Å². The SMILES string of the molecule is C=C(Cl)CO/N=C(\C(=O)NC1C(=O)N2C(C(=O)O)=C(C[n+]3cccc4c(NC=O)csc43)CS[C@H]12)c1csc(N)n1. The van der Waals surface area contributed by atoms with Crippen molar-refractivity contribution in [3.05, 3.63) is 57.7 Å². The van der Waals surface area contributed by atoms with E-state index in [1.807, 2.05) is 10.6 Å². The van der Waals surface area contributed by atoms with Crippen molar-refractivity contribution in [3.63, 3.8) is 0 Å². The molecule has 0 radical (unpaired) electrons. The molecule has 3 aromatic rings. The minimum Gasteiger partial charge on any atom is -0.477 e. The number of nitrogen functional groups attached to an aromatic ring is 1. The monoisotopic (exact) mass is 634 g/mol. The number of carbonyl (C=O) groups excluding carboxylic acids is 3. The topological polar surface area (TPSA) is 180 Å². The average Bonchev–Trinajstić information content (AvgIpc) is 3.56. The number of thiophene rings is 1. The number of anilines is 2. The molecule has 13 nitrogen and oxygen atoms in total. The molecular weight excluding hydrogens is 614 g/mol. The predicted molar refractivity (Wildman–Crippen MR) is 155 cm³/mol. The Morgan fingerprint density at radius 3 is 2.88 bits per heavy atom. The Morgan fingerprint density at radius 2 is 2.20 bits per heavy atom. The number of thiazole rings is 1. The molecular formula is C24H21ClN7O6S3+. The molecule has 5 heterocycles. The third-order valence-corrected chi connectivity index (χ3v) is 9.22. The molecule has 1 unspecified atom stereocenters. The van der Waals surface area contributed by atoms with E-state index >= 15 is 0 Å². The van der Waals surface area contributed by atoms with Crippen molar-refractivity contribution in [1.29, 1.82) is 0 Å². The molecule has 1 fully saturated rings. The maximum Gasteiger partial charge on any atom is 0.352 e. The molecule has 212 valence electrons. The minimum absolute atomic E-state index is 0.123. The van der Waals surface area contributed by atoms with Gasteiger partial charge < -0.3 is 26.3 Å². The Bertz CT molecular complexity index is 1650. The molecule has 5 N–H and O–H groups in total. The van der Waals surface area contributed by atoms with Gasteiger partial charge >= 0.3 is 5.97 Å². The number of pyridine rings is 1. The zero-order chi connectivity index (χ0) is 29.3. The number of fused-ring (bicyclic) bond motifs is 2. The number of thioether (sulfide) groups is 1. The Labute approximate surface area is 249 Å². The number of rotatable bonds is 11. The van der Waals surface area contributed by atoms with Gasteiger partial charge in [0.05, 0.1) is 16.1 Å². The van der Waals surface area contributed by atoms with E-state index in [-0.39, 0.29) is 40.4 Å². The maximum absolute atomic E-state index is 13.2. The molecule has 0 bridgehead atoms. The predicted octanol–water partition coefficient (Wildman–Crippen LogP) is 1.71. The van der Waals surface area contributed by atoms with Gasteiger partial charge in [0.25, 0.3) is 16.6 Å². The average molecular weight is 635 g/mol. The van der Waals surface area contributed by atoms with Gasteiger partial charge in [0.2, 0.25) is 6.41 Å². The molecule has 17 heteroatoms. The molecule has 0 aromatic carbocycles. The highest BCUT2D eigenvalue weighted by Crippen LogP contribution is 2.40. The van der Waals surface area contributed by atoms with Crippen LogP contribution in [0.3, 0.4) is 0 Å². The Kier molecular flexibility index (Phi) is 8.25. The summed E-state index contributed by atoms with van der Waals surface area (Å²) in [4.78, 5) is 60.8. The first-order valence-corrected chi connectivity index (χ1v) is 14.9. The molecule has 41 heavy (non-hydrogen) atoms. The van der Waals surface area contributed by atoms with Gasteiger partial charge in [-0.15, -0.1) is 23.1 Å². The lowest BCUT2D eigenvalue weighted by molar-refractivity contribution is -0.661. The van der Waals surface area contributed by atoms with Crippen LogP contribution in [-0.4, -0.2) is 68.7 Å². The van der Waals surface area contributed by atoms with E-state index in [1.54, 1.807) is 17.6 Å². The zero-order valence-corrected chi connectivity index (χ0v) is 24.1. The van der Waals surface area contributed by atoms with E-state index in [9.17, 15) is 24.3 Å². The molecule has 5 rings (SSSR count). The van der Waals surface area contributed by atoms with Crippen molar-refractivity contribution in [1.82, 2.24) is 15.2 Å². The number of β-lactam (4-membered cyclic amide) rings is 1. The first-order valence-electron chi connectivity index (χ1n) is 11.7. The summed E-state index contributed by atoms with van der Waals surface area (Å²) < 4.78 is 1.87. The third kappa shape index (κ3) is 5.63. The van der Waals surface area contributed by atoms with Crippen LogP contribution in [0.2, 0.25) is 0 Å². The molecule has 1 saturated heterocycles. The van der Waals surface area contributed by atoms with Gasteiger partial charge in [0.15, 0.2) is 30.2 Å². The second-order valence-electron chi connectivity index (χ2n) is 8.69. The Morgan fingerprint density at radius 1 is 1.39 bits per heavy atom. The molecule has 3 aromatic heterocycles. The number of hydrogen-bond acceptors (Lipinski definition) is 11. The highest BCUT2D eigenvalue weighted by molar-refractivity contribution is 8.00. The van der Waals surface area contributed by atoms with Crippen molar-refractivity contribution in [2.24, 2.45) is 5.16 Å². The van der Waals surface area contributed by atoms with Crippen LogP contribution in [0.1, 0.15) is 5.69 Å². The fraction of sp³-hybridized carbons (Fsp3) is 0.208. The van der Waals surface area contributed by atoms with Crippen LogP contribution in [0.4, 0.5) is 10.8 Å². The molecule has 0 saturated carbocycles. The van der Waals surface area contributed by atoms with Crippen LogP contribution in [0.15, 0.2) is 57.1 Å². The summed E-state index contributed by atoms with van der Waals surface area (Å²) in [5, 5.41) is 23.0. The van der Waals surface area contributed by atoms with Crippen LogP contribution < -0.4 is 20.9 Å². The number of carbonyl (C=O) groups is 4. The minimum atomic E-state index is -1.25. The number of aromatic nitrogens is 2. The van der Waals surface area contributed by atoms with Gasteiger partial charge in [0, 0.05) is 28.2 Å². The number of hydrogen-bond donors (Lipinski definition) is 4. The molecule has 0 aliphatic carbocycles. The fourth-order valence-electron chi connectivity index (χ4n) is 4.34. The van der Waals surface area contributed by atoms with Gasteiger partial charge in [-0.1, -0.05) is 34.7 Å². The zero-order valence-electron chi connectivity index (χ0n) is 20.9. The highest BCUT2D eigenvalue weighted by Gasteiger charge is 2.55. The summed E-state index contributed by atoms with van der Waals surface area (Å²) in [5.41, 5.74) is 6.68. The Balaban J connectivity index is 1.37. The molecule has 2 atom stereocenters. The van der Waals surface area contributed by atoms with Crippen molar-refractivity contribution in [2.45, 2.75) is 18.0 Å². The number of nitrogens with one attached hydrogen (secondary N) is 2. The van der Waals surface area contributed by atoms with E-state index in [1.165, 1.54) is 33.4 Å². The lowest BCUT2D eigenvalue weighted by Gasteiger charge is -2.49. The maximum atomic E-state index is 13.2. The van der Waals surface area contributed by atoms with E-state index < -0.39 is 29.2 Å². The van der Waals surface area contributed by atoms with Crippen LogP contribution in [0.25, 0.3) is 10.2 Å². The smallest absolute Gasteiger partial charge is 0.352 e. The first kappa shape index (κ1) is 28.5. The van der Waals surface area contributed by atoms with E-state index in [0.717, 1.165) is 21.6 Å². The van der Waals surface area contributed by atoms with Crippen molar-refractivity contribution in [2.75, 3.05) is 23.4 Å². The molecule has 2 aliphatic heterocycles. The summed E-state index contributed by atoms with van der Waals surface area (Å²) >= 11 is 9.53. The van der Waals surface area contributed by atoms with Crippen molar-refractivity contribution < 1.29 is 33.7 Å². The molecule has 3 amide bonds. The summed E-state index contributed by atoms with van der Waals surface area (Å²) in [6.45, 7) is 3.55. The fourth-order valence-corrected chi connectivity index (χ4v) is 7.26. The van der Waals surface area contributed by atoms with Gasteiger partial charge in [-0.3, -0.25) is 19.3 Å². The van der Waals surface area contributed by atoms with Crippen LogP contribution in [-0.2, 0) is 30.6 Å². The lowest BCUT2D eigenvalue weighted by Crippen LogP contribution is -2.71. The van der Waals surface area contributed by atoms with Crippen LogP contribution >= 0.6 is 46.0 Å². The molecule has 2 aliphatic rings. The number of amides is 3. The summed E-state index contributed by atoms with van der Waals surface area (Å²) in [6, 6.07) is 2.65. The number of nitrogens with zero attached hydrogens (tertiary/aromatic N) is 4. The van der Waals surface area contributed by atoms with Gasteiger partial charge in [0.1, 0.15) is 22.8 Å². The molecule has 0 spiro atoms. The van der Waals surface area contributed by atoms with Crippen molar-refractivity contribution in [3.8, 4) is 0 Å². The number of halogens is 1. The Hall–Kier alpha value is -3.99. The number of nitrogens with two attached hydrogens (primary N) is 1. The number of carboxylic acid groups (broad SMARTS) is 1. The second kappa shape index (κ2) is 11.9. The standard InChI is InChI=1S/C24H20ClN7O6S3/c1-11(25)6-38-30-16(15-9-41-24(26)28-15)19(34)29-17-20(35)32-18(23(36)37)12(7-39-22(17)32)5-31-4-2-3-13-14(27-10-33)8-40-21(13)31/h2-4,8-10,17,22H,1,5-7H2,(H4-,26,27,28,29,33,34,36,37)/p+1/b30-16-/t17?,22-/m1/s1. The van der Waals surface area contributed by atoms with E-state index in [2.05, 4.69) is 27.4 Å². The highest BCUT2D eigenvalue weighted by atomic mass is 35.5. The van der Waals surface area contributed by atoms with Gasteiger partial charge in [-0.25, -0.2) is 9.78 Å². The summed E-state index contributed by atoms with van der Waals surface area (Å²) in [6.07, 6.45) is 2.40. The quantitative estimate of drug-likeness (QED) is 0.0803. The normalized spacial score (nSPS) is 18.5.